The van der Waals surface area contributed by atoms with E-state index >= 15 is 0 Å². The van der Waals surface area contributed by atoms with Crippen LogP contribution in [0.3, 0.4) is 0 Å². The molecular formula is C14H21NO. The molecule has 0 saturated carbocycles. The summed E-state index contributed by atoms with van der Waals surface area (Å²) in [6.45, 7) is 2.50. The average Bonchev–Trinajstić information content (AvgIpc) is 2.88. The van der Waals surface area contributed by atoms with Gasteiger partial charge in [0.25, 0.3) is 0 Å². The fourth-order valence-electron chi connectivity index (χ4n) is 2.28. The maximum Gasteiger partial charge on any atom is 0.0827 e. The molecule has 1 aliphatic heterocycles. The van der Waals surface area contributed by atoms with Crippen molar-refractivity contribution in [3.05, 3.63) is 35.5 Å². The van der Waals surface area contributed by atoms with Gasteiger partial charge in [-0.3, -0.25) is 0 Å². The molecule has 1 saturated heterocycles. The second-order valence-corrected chi connectivity index (χ2v) is 4.51. The van der Waals surface area contributed by atoms with E-state index in [9.17, 15) is 5.11 Å². The Hall–Kier alpha value is -0.860. The molecule has 2 heteroatoms. The van der Waals surface area contributed by atoms with Crippen molar-refractivity contribution in [3.8, 4) is 0 Å². The first-order valence-electron chi connectivity index (χ1n) is 6.34. The molecule has 0 radical (unpaired) electrons. The molecule has 0 spiro atoms. The van der Waals surface area contributed by atoms with Gasteiger partial charge >= 0.3 is 0 Å². The summed E-state index contributed by atoms with van der Waals surface area (Å²) in [4.78, 5) is 0. The van der Waals surface area contributed by atoms with Gasteiger partial charge in [-0.1, -0.05) is 24.3 Å². The number of aliphatic hydroxyl groups is 1. The van der Waals surface area contributed by atoms with Crippen LogP contribution in [0.4, 0.5) is 0 Å². The molecule has 2 nitrogen and oxygen atoms in total. The van der Waals surface area contributed by atoms with Crippen molar-refractivity contribution in [1.29, 1.82) is 0 Å². The van der Waals surface area contributed by atoms with E-state index in [1.165, 1.54) is 31.5 Å². The van der Waals surface area contributed by atoms with Crippen molar-refractivity contribution < 1.29 is 5.11 Å². The first-order chi connectivity index (χ1) is 7.88. The number of aliphatic hydroxyl groups excluding tert-OH is 1. The van der Waals surface area contributed by atoms with E-state index in [4.69, 9.17) is 0 Å². The lowest BCUT2D eigenvalue weighted by Gasteiger charge is -2.21. The number of hydrogen-bond acceptors (Lipinski definition) is 2. The van der Waals surface area contributed by atoms with Crippen LogP contribution >= 0.6 is 0 Å². The molecule has 0 aromatic heterocycles. The van der Waals surface area contributed by atoms with Crippen LogP contribution in [0, 0.1) is 0 Å². The normalized spacial score (nSPS) is 27.4. The molecule has 1 atom stereocenters. The maximum atomic E-state index is 9.54. The summed E-state index contributed by atoms with van der Waals surface area (Å²) < 4.78 is 0. The molecular weight excluding hydrogens is 198 g/mol. The van der Waals surface area contributed by atoms with Gasteiger partial charge in [0.2, 0.25) is 0 Å². The van der Waals surface area contributed by atoms with Crippen LogP contribution in [0.2, 0.25) is 0 Å². The molecule has 1 unspecified atom stereocenters. The van der Waals surface area contributed by atoms with Crippen LogP contribution in [0.15, 0.2) is 35.5 Å². The quantitative estimate of drug-likeness (QED) is 0.655. The zero-order valence-corrected chi connectivity index (χ0v) is 9.78. The van der Waals surface area contributed by atoms with Gasteiger partial charge in [0, 0.05) is 0 Å². The Kier molecular flexibility index (Phi) is 4.37. The van der Waals surface area contributed by atoms with Gasteiger partial charge in [0.05, 0.1) is 6.10 Å². The van der Waals surface area contributed by atoms with Gasteiger partial charge in [-0.25, -0.2) is 0 Å². The van der Waals surface area contributed by atoms with Gasteiger partial charge in [-0.2, -0.15) is 0 Å². The van der Waals surface area contributed by atoms with E-state index in [-0.39, 0.29) is 6.10 Å². The Morgan fingerprint density at radius 3 is 2.50 bits per heavy atom. The average molecular weight is 219 g/mol. The van der Waals surface area contributed by atoms with Crippen LogP contribution in [0.5, 0.6) is 0 Å². The topological polar surface area (TPSA) is 32.3 Å². The number of hydrogen-bond donors (Lipinski definition) is 2. The SMILES string of the molecule is C1CCNC1.OC1CC=CC2=CCCC=C21. The third-order valence-electron chi connectivity index (χ3n) is 3.20. The fraction of sp³-hybridized carbons (Fsp3) is 0.571. The zero-order chi connectivity index (χ0) is 11.2. The predicted octanol–water partition coefficient (Wildman–Crippen LogP) is 2.32. The highest BCUT2D eigenvalue weighted by Gasteiger charge is 2.17. The fourth-order valence-corrected chi connectivity index (χ4v) is 2.28. The van der Waals surface area contributed by atoms with Crippen molar-refractivity contribution in [2.24, 2.45) is 0 Å². The largest absolute Gasteiger partial charge is 0.388 e. The Labute approximate surface area is 97.7 Å². The molecule has 0 aromatic carbocycles. The highest BCUT2D eigenvalue weighted by molar-refractivity contribution is 5.46. The lowest BCUT2D eigenvalue weighted by atomic mass is 9.88. The Morgan fingerprint density at radius 2 is 1.88 bits per heavy atom. The molecule has 2 aliphatic carbocycles. The molecule has 88 valence electrons. The third-order valence-corrected chi connectivity index (χ3v) is 3.20. The standard InChI is InChI=1S/C10H12O.C4H9N/c11-10-7-3-5-8-4-1-2-6-9(8)10;1-2-4-5-3-1/h3-6,10-11H,1-2,7H2;5H,1-4H2. The Bertz CT molecular complexity index is 303. The van der Waals surface area contributed by atoms with Crippen molar-refractivity contribution in [2.75, 3.05) is 13.1 Å². The van der Waals surface area contributed by atoms with Crippen LogP contribution in [0.25, 0.3) is 0 Å². The second-order valence-electron chi connectivity index (χ2n) is 4.51. The molecule has 1 fully saturated rings. The minimum atomic E-state index is -0.244. The van der Waals surface area contributed by atoms with Gasteiger partial charge in [-0.15, -0.1) is 0 Å². The van der Waals surface area contributed by atoms with Crippen LogP contribution in [0.1, 0.15) is 32.1 Å². The third kappa shape index (κ3) is 3.06. The summed E-state index contributed by atoms with van der Waals surface area (Å²) in [6.07, 6.45) is 14.0. The lowest BCUT2D eigenvalue weighted by molar-refractivity contribution is 0.214. The highest BCUT2D eigenvalue weighted by atomic mass is 16.3. The van der Waals surface area contributed by atoms with Crippen molar-refractivity contribution in [3.63, 3.8) is 0 Å². The predicted molar refractivity (Wildman–Crippen MR) is 67.3 cm³/mol. The smallest absolute Gasteiger partial charge is 0.0827 e. The van der Waals surface area contributed by atoms with Gasteiger partial charge in [0.1, 0.15) is 0 Å². The number of rotatable bonds is 0. The summed E-state index contributed by atoms with van der Waals surface area (Å²) >= 11 is 0. The summed E-state index contributed by atoms with van der Waals surface area (Å²) in [5.41, 5.74) is 2.37. The van der Waals surface area contributed by atoms with Crippen molar-refractivity contribution >= 4 is 0 Å². The number of fused-ring (bicyclic) bond motifs is 1. The van der Waals surface area contributed by atoms with Crippen molar-refractivity contribution in [2.45, 2.75) is 38.2 Å². The monoisotopic (exact) mass is 219 g/mol. The van der Waals surface area contributed by atoms with E-state index < -0.39 is 0 Å². The molecule has 16 heavy (non-hydrogen) atoms. The number of allylic oxidation sites excluding steroid dienone is 3. The minimum absolute atomic E-state index is 0.244. The van der Waals surface area contributed by atoms with Crippen LogP contribution < -0.4 is 5.32 Å². The first-order valence-corrected chi connectivity index (χ1v) is 6.34. The molecule has 1 heterocycles. The number of nitrogens with one attached hydrogen (secondary N) is 1. The molecule has 0 amide bonds. The second kappa shape index (κ2) is 6.02. The van der Waals surface area contributed by atoms with E-state index in [0.717, 1.165) is 24.8 Å². The minimum Gasteiger partial charge on any atom is -0.388 e. The van der Waals surface area contributed by atoms with Crippen molar-refractivity contribution in [1.82, 2.24) is 5.32 Å². The van der Waals surface area contributed by atoms with Gasteiger partial charge < -0.3 is 10.4 Å². The van der Waals surface area contributed by atoms with Crippen LogP contribution in [-0.4, -0.2) is 24.3 Å². The molecule has 3 aliphatic rings. The summed E-state index contributed by atoms with van der Waals surface area (Å²) in [7, 11) is 0. The zero-order valence-electron chi connectivity index (χ0n) is 9.78. The van der Waals surface area contributed by atoms with Crippen LogP contribution in [-0.2, 0) is 0 Å². The lowest BCUT2D eigenvalue weighted by Crippen LogP contribution is -2.15. The molecule has 0 aromatic rings. The molecule has 0 bridgehead atoms. The Balaban J connectivity index is 0.000000162. The van der Waals surface area contributed by atoms with E-state index in [0.29, 0.717) is 0 Å². The summed E-state index contributed by atoms with van der Waals surface area (Å²) in [5.74, 6) is 0. The van der Waals surface area contributed by atoms with Gasteiger partial charge in [0.15, 0.2) is 0 Å². The highest BCUT2D eigenvalue weighted by Crippen LogP contribution is 2.27. The molecule has 3 rings (SSSR count). The first kappa shape index (κ1) is 11.6. The van der Waals surface area contributed by atoms with E-state index in [2.05, 4.69) is 23.5 Å². The summed E-state index contributed by atoms with van der Waals surface area (Å²) in [5, 5.41) is 12.8. The molecule has 2 N–H and O–H groups in total. The Morgan fingerprint density at radius 1 is 1.12 bits per heavy atom. The van der Waals surface area contributed by atoms with E-state index in [1.54, 1.807) is 0 Å². The maximum absolute atomic E-state index is 9.54. The summed E-state index contributed by atoms with van der Waals surface area (Å²) in [6, 6.07) is 0. The van der Waals surface area contributed by atoms with E-state index in [1.807, 2.05) is 6.08 Å². The van der Waals surface area contributed by atoms with Gasteiger partial charge in [-0.05, 0) is 56.3 Å².